The third kappa shape index (κ3) is 2.72. The third-order valence-electron chi connectivity index (χ3n) is 3.88. The Bertz CT molecular complexity index is 1260. The molecule has 0 unspecified atom stereocenters. The summed E-state index contributed by atoms with van der Waals surface area (Å²) in [6.07, 6.45) is 1.77. The Morgan fingerprint density at radius 2 is 2.00 bits per heavy atom. The first-order chi connectivity index (χ1) is 12.6. The van der Waals surface area contributed by atoms with E-state index in [-0.39, 0.29) is 5.56 Å². The van der Waals surface area contributed by atoms with E-state index < -0.39 is 5.97 Å². The van der Waals surface area contributed by atoms with E-state index in [1.54, 1.807) is 28.7 Å². The second-order valence-corrected chi connectivity index (χ2v) is 6.65. The van der Waals surface area contributed by atoms with E-state index in [9.17, 15) is 9.59 Å². The Morgan fingerprint density at radius 3 is 2.77 bits per heavy atom. The fraction of sp³-hybridized carbons (Fsp3) is 0.105. The van der Waals surface area contributed by atoms with Crippen LogP contribution >= 0.6 is 11.3 Å². The van der Waals surface area contributed by atoms with E-state index in [1.807, 2.05) is 24.3 Å². The number of para-hydroxylation sites is 2. The Kier molecular flexibility index (Phi) is 3.93. The molecule has 2 heterocycles. The van der Waals surface area contributed by atoms with Crippen LogP contribution in [0.25, 0.3) is 22.1 Å². The molecule has 0 saturated heterocycles. The van der Waals surface area contributed by atoms with Crippen LogP contribution in [0.3, 0.4) is 0 Å². The topological polar surface area (TPSA) is 69.9 Å². The molecule has 26 heavy (non-hydrogen) atoms. The van der Waals surface area contributed by atoms with Gasteiger partial charge in [-0.1, -0.05) is 29.5 Å². The summed E-state index contributed by atoms with van der Waals surface area (Å²) in [5.41, 5.74) is 2.26. The summed E-state index contributed by atoms with van der Waals surface area (Å²) >= 11 is 1.33. The first-order valence-corrected chi connectivity index (χ1v) is 8.66. The van der Waals surface area contributed by atoms with Crippen LogP contribution in [0.4, 0.5) is 0 Å². The number of methoxy groups -OCH3 is 1. The van der Waals surface area contributed by atoms with Crippen molar-refractivity contribution in [1.82, 2.24) is 9.38 Å². The number of ether oxygens (including phenoxy) is 2. The monoisotopic (exact) mass is 366 g/mol. The maximum Gasteiger partial charge on any atom is 0.308 e. The zero-order valence-corrected chi connectivity index (χ0v) is 14.9. The summed E-state index contributed by atoms with van der Waals surface area (Å²) in [7, 11) is 1.50. The molecule has 0 N–H and O–H groups in total. The molecule has 2 aromatic carbocycles. The van der Waals surface area contributed by atoms with Gasteiger partial charge in [0.2, 0.25) is 0 Å². The van der Waals surface area contributed by atoms with Crippen LogP contribution in [0.1, 0.15) is 12.5 Å². The van der Waals surface area contributed by atoms with Crippen LogP contribution in [0.5, 0.6) is 11.5 Å². The van der Waals surface area contributed by atoms with Crippen molar-refractivity contribution in [2.75, 3.05) is 7.11 Å². The van der Waals surface area contributed by atoms with Gasteiger partial charge in [0.15, 0.2) is 16.5 Å². The van der Waals surface area contributed by atoms with E-state index in [0.29, 0.717) is 21.0 Å². The number of nitrogens with zero attached hydrogens (tertiary/aromatic N) is 2. The van der Waals surface area contributed by atoms with Crippen molar-refractivity contribution in [3.63, 3.8) is 0 Å². The second kappa shape index (κ2) is 6.27. The molecule has 6 nitrogen and oxygen atoms in total. The molecule has 0 fully saturated rings. The molecule has 7 heteroatoms. The molecule has 0 aliphatic rings. The minimum atomic E-state index is -0.423. The average molecular weight is 366 g/mol. The van der Waals surface area contributed by atoms with Crippen LogP contribution in [0.15, 0.2) is 47.3 Å². The van der Waals surface area contributed by atoms with Crippen molar-refractivity contribution >= 4 is 39.4 Å². The van der Waals surface area contributed by atoms with Crippen molar-refractivity contribution in [3.05, 3.63) is 62.9 Å². The molecule has 0 radical (unpaired) electrons. The standard InChI is InChI=1S/C19H14N2O4S/c1-11(22)25-15-8-7-12(9-16(15)24-2)10-17-18(23)21-14-6-4-3-5-13(14)20-19(21)26-17/h3-10H,1-2H3. The lowest BCUT2D eigenvalue weighted by Crippen LogP contribution is -2.22. The highest BCUT2D eigenvalue weighted by atomic mass is 32.1. The summed E-state index contributed by atoms with van der Waals surface area (Å²) in [5.74, 6) is 0.341. The van der Waals surface area contributed by atoms with E-state index >= 15 is 0 Å². The van der Waals surface area contributed by atoms with Gasteiger partial charge in [-0.05, 0) is 35.9 Å². The zero-order valence-electron chi connectivity index (χ0n) is 14.1. The molecule has 0 aliphatic heterocycles. The predicted molar refractivity (Wildman–Crippen MR) is 99.9 cm³/mol. The summed E-state index contributed by atoms with van der Waals surface area (Å²) in [4.78, 5) is 29.1. The number of hydrogen-bond donors (Lipinski definition) is 0. The number of esters is 1. The fourth-order valence-corrected chi connectivity index (χ4v) is 3.76. The predicted octanol–water partition coefficient (Wildman–Crippen LogP) is 2.39. The quantitative estimate of drug-likeness (QED) is 0.411. The lowest BCUT2D eigenvalue weighted by atomic mass is 10.2. The van der Waals surface area contributed by atoms with Gasteiger partial charge in [-0.25, -0.2) is 9.38 Å². The molecular formula is C19H14N2O4S. The first kappa shape index (κ1) is 16.3. The molecule has 4 aromatic rings. The summed E-state index contributed by atoms with van der Waals surface area (Å²) in [5, 5.41) is 0. The van der Waals surface area contributed by atoms with Crippen LogP contribution in [0, 0.1) is 0 Å². The van der Waals surface area contributed by atoms with E-state index in [2.05, 4.69) is 4.98 Å². The normalized spacial score (nSPS) is 12.0. The van der Waals surface area contributed by atoms with Crippen LogP contribution in [-0.4, -0.2) is 22.5 Å². The number of benzene rings is 2. The molecule has 0 aliphatic carbocycles. The highest BCUT2D eigenvalue weighted by molar-refractivity contribution is 7.15. The Labute approximate surface area is 151 Å². The lowest BCUT2D eigenvalue weighted by molar-refractivity contribution is -0.132. The maximum atomic E-state index is 12.8. The highest BCUT2D eigenvalue weighted by Crippen LogP contribution is 2.28. The number of thiazole rings is 1. The van der Waals surface area contributed by atoms with Gasteiger partial charge in [0, 0.05) is 6.92 Å². The molecular weight excluding hydrogens is 352 g/mol. The van der Waals surface area contributed by atoms with Gasteiger partial charge in [0.25, 0.3) is 5.56 Å². The Morgan fingerprint density at radius 1 is 1.19 bits per heavy atom. The molecule has 0 amide bonds. The van der Waals surface area contributed by atoms with Crippen LogP contribution < -0.4 is 19.6 Å². The van der Waals surface area contributed by atoms with Gasteiger partial charge in [-0.2, -0.15) is 0 Å². The smallest absolute Gasteiger partial charge is 0.308 e. The van der Waals surface area contributed by atoms with Crippen molar-refractivity contribution in [2.24, 2.45) is 0 Å². The number of imidazole rings is 1. The van der Waals surface area contributed by atoms with Crippen LogP contribution in [-0.2, 0) is 4.79 Å². The number of hydrogen-bond acceptors (Lipinski definition) is 6. The van der Waals surface area contributed by atoms with Gasteiger partial charge in [0.1, 0.15) is 0 Å². The molecule has 0 saturated carbocycles. The van der Waals surface area contributed by atoms with E-state index in [4.69, 9.17) is 9.47 Å². The average Bonchev–Trinajstić information content (AvgIpc) is 3.12. The number of aromatic nitrogens is 2. The van der Waals surface area contributed by atoms with Crippen molar-refractivity contribution in [3.8, 4) is 11.5 Å². The largest absolute Gasteiger partial charge is 0.493 e. The molecule has 0 atom stereocenters. The number of carbonyl (C=O) groups is 1. The minimum absolute atomic E-state index is 0.110. The van der Waals surface area contributed by atoms with Crippen LogP contribution in [0.2, 0.25) is 0 Å². The highest BCUT2D eigenvalue weighted by Gasteiger charge is 2.11. The molecule has 4 rings (SSSR count). The lowest BCUT2D eigenvalue weighted by Gasteiger charge is -2.08. The summed E-state index contributed by atoms with van der Waals surface area (Å²) in [6, 6.07) is 12.7. The second-order valence-electron chi connectivity index (χ2n) is 5.64. The summed E-state index contributed by atoms with van der Waals surface area (Å²) < 4.78 is 12.6. The van der Waals surface area contributed by atoms with Crippen molar-refractivity contribution in [2.45, 2.75) is 6.92 Å². The zero-order chi connectivity index (χ0) is 18.3. The molecule has 2 aromatic heterocycles. The number of rotatable bonds is 3. The van der Waals surface area contributed by atoms with Gasteiger partial charge in [-0.15, -0.1) is 0 Å². The number of carbonyl (C=O) groups excluding carboxylic acids is 1. The SMILES string of the molecule is COc1cc(C=c2sc3nc4ccccc4n3c2=O)ccc1OC(C)=O. The van der Waals surface area contributed by atoms with Gasteiger partial charge in [-0.3, -0.25) is 9.59 Å². The Balaban J connectivity index is 1.85. The third-order valence-corrected chi connectivity index (χ3v) is 4.85. The number of fused-ring (bicyclic) bond motifs is 3. The van der Waals surface area contributed by atoms with Gasteiger partial charge >= 0.3 is 5.97 Å². The van der Waals surface area contributed by atoms with Gasteiger partial charge < -0.3 is 9.47 Å². The minimum Gasteiger partial charge on any atom is -0.493 e. The van der Waals surface area contributed by atoms with Crippen molar-refractivity contribution < 1.29 is 14.3 Å². The maximum absolute atomic E-state index is 12.8. The molecule has 0 bridgehead atoms. The first-order valence-electron chi connectivity index (χ1n) is 7.85. The molecule has 130 valence electrons. The fourth-order valence-electron chi connectivity index (χ4n) is 2.78. The van der Waals surface area contributed by atoms with Crippen molar-refractivity contribution in [1.29, 1.82) is 0 Å². The van der Waals surface area contributed by atoms with E-state index in [0.717, 1.165) is 16.6 Å². The summed E-state index contributed by atoms with van der Waals surface area (Å²) in [6.45, 7) is 1.33. The Hall–Kier alpha value is -3.19. The van der Waals surface area contributed by atoms with Gasteiger partial charge in [0.05, 0.1) is 22.7 Å². The molecule has 0 spiro atoms. The van der Waals surface area contributed by atoms with E-state index in [1.165, 1.54) is 25.4 Å².